The molecule has 24 heavy (non-hydrogen) atoms. The van der Waals surface area contributed by atoms with E-state index in [1.165, 1.54) is 18.2 Å². The van der Waals surface area contributed by atoms with E-state index in [0.29, 0.717) is 5.56 Å². The minimum atomic E-state index is -0.553. The first-order valence-electron chi connectivity index (χ1n) is 7.80. The monoisotopic (exact) mass is 336 g/mol. The molecule has 0 spiro atoms. The average molecular weight is 336 g/mol. The first-order valence-corrected chi connectivity index (χ1v) is 7.80. The van der Waals surface area contributed by atoms with Gasteiger partial charge in [-0.3, -0.25) is 0 Å². The molecule has 2 nitrogen and oxygen atoms in total. The summed E-state index contributed by atoms with van der Waals surface area (Å²) < 4.78 is 26.0. The Labute approximate surface area is 142 Å². The zero-order valence-corrected chi connectivity index (χ0v) is 15.1. The molecule has 0 heterocycles. The van der Waals surface area contributed by atoms with Crippen molar-refractivity contribution in [3.05, 3.63) is 59.2 Å². The standard InChI is InChI=1S/2C10H13FO/c1-10(2,3)7-4-5-9(12)8(11)6-7;1-10(2,3)8-5-4-7(12)6-9(8)11/h2*4-6,12H,1-3H3. The Balaban J connectivity index is 0.000000240. The summed E-state index contributed by atoms with van der Waals surface area (Å²) in [6.45, 7) is 11.8. The number of rotatable bonds is 0. The van der Waals surface area contributed by atoms with Crippen LogP contribution in [0.1, 0.15) is 52.7 Å². The van der Waals surface area contributed by atoms with Gasteiger partial charge in [0, 0.05) is 6.07 Å². The third-order valence-electron chi connectivity index (χ3n) is 3.57. The molecule has 2 aromatic rings. The molecular weight excluding hydrogens is 310 g/mol. The second kappa shape index (κ2) is 7.20. The molecule has 2 rings (SSSR count). The second-order valence-electron chi connectivity index (χ2n) is 7.83. The Morgan fingerprint density at radius 1 is 0.708 bits per heavy atom. The molecule has 0 bridgehead atoms. The minimum Gasteiger partial charge on any atom is -0.508 e. The molecule has 0 saturated carbocycles. The smallest absolute Gasteiger partial charge is 0.165 e. The number of aromatic hydroxyl groups is 2. The van der Waals surface area contributed by atoms with E-state index < -0.39 is 5.82 Å². The molecule has 0 atom stereocenters. The molecule has 0 fully saturated rings. The summed E-state index contributed by atoms with van der Waals surface area (Å²) >= 11 is 0. The molecule has 4 heteroatoms. The van der Waals surface area contributed by atoms with Crippen molar-refractivity contribution in [1.29, 1.82) is 0 Å². The van der Waals surface area contributed by atoms with Gasteiger partial charge in [-0.25, -0.2) is 8.78 Å². The molecule has 0 saturated heterocycles. The molecule has 0 aliphatic carbocycles. The maximum Gasteiger partial charge on any atom is 0.165 e. The second-order valence-corrected chi connectivity index (χ2v) is 7.83. The molecule has 2 N–H and O–H groups in total. The van der Waals surface area contributed by atoms with Crippen molar-refractivity contribution in [2.75, 3.05) is 0 Å². The van der Waals surface area contributed by atoms with Crippen LogP contribution in [0.15, 0.2) is 36.4 Å². The van der Waals surface area contributed by atoms with Crippen LogP contribution >= 0.6 is 0 Å². The van der Waals surface area contributed by atoms with Gasteiger partial charge in [0.1, 0.15) is 11.6 Å². The highest BCUT2D eigenvalue weighted by Crippen LogP contribution is 2.27. The molecule has 2 aromatic carbocycles. The largest absolute Gasteiger partial charge is 0.508 e. The quantitative estimate of drug-likeness (QED) is 0.652. The van der Waals surface area contributed by atoms with Gasteiger partial charge >= 0.3 is 0 Å². The maximum absolute atomic E-state index is 13.2. The van der Waals surface area contributed by atoms with Crippen LogP contribution in [0.25, 0.3) is 0 Å². The Bertz CT molecular complexity index is 696. The molecule has 0 unspecified atom stereocenters. The Hall–Kier alpha value is -2.10. The van der Waals surface area contributed by atoms with Crippen molar-refractivity contribution in [3.63, 3.8) is 0 Å². The van der Waals surface area contributed by atoms with Crippen LogP contribution in [0, 0.1) is 11.6 Å². The van der Waals surface area contributed by atoms with Crippen molar-refractivity contribution >= 4 is 0 Å². The van der Waals surface area contributed by atoms with E-state index in [-0.39, 0.29) is 28.1 Å². The lowest BCUT2D eigenvalue weighted by atomic mass is 9.87. The molecule has 0 aromatic heterocycles. The van der Waals surface area contributed by atoms with Crippen LogP contribution < -0.4 is 0 Å². The number of halogens is 2. The fourth-order valence-corrected chi connectivity index (χ4v) is 2.09. The highest BCUT2D eigenvalue weighted by molar-refractivity contribution is 5.32. The van der Waals surface area contributed by atoms with Crippen molar-refractivity contribution in [3.8, 4) is 11.5 Å². The van der Waals surface area contributed by atoms with E-state index in [9.17, 15) is 8.78 Å². The van der Waals surface area contributed by atoms with Gasteiger partial charge in [-0.2, -0.15) is 0 Å². The SMILES string of the molecule is CC(C)(C)c1ccc(O)c(F)c1.CC(C)(C)c1ccc(O)cc1F. The summed E-state index contributed by atoms with van der Waals surface area (Å²) in [5.74, 6) is -1.21. The summed E-state index contributed by atoms with van der Waals surface area (Å²) in [4.78, 5) is 0. The molecule has 0 radical (unpaired) electrons. The van der Waals surface area contributed by atoms with E-state index >= 15 is 0 Å². The van der Waals surface area contributed by atoms with Gasteiger partial charge in [-0.1, -0.05) is 53.7 Å². The van der Waals surface area contributed by atoms with E-state index in [2.05, 4.69) is 0 Å². The number of benzene rings is 2. The highest BCUT2D eigenvalue weighted by atomic mass is 19.1. The number of hydrogen-bond donors (Lipinski definition) is 2. The van der Waals surface area contributed by atoms with E-state index in [0.717, 1.165) is 11.6 Å². The molecule has 132 valence electrons. The molecular formula is C20H26F2O2. The highest BCUT2D eigenvalue weighted by Gasteiger charge is 2.18. The Morgan fingerprint density at radius 3 is 1.71 bits per heavy atom. The molecule has 0 aliphatic heterocycles. The van der Waals surface area contributed by atoms with Gasteiger partial charge in [0.15, 0.2) is 11.6 Å². The summed E-state index contributed by atoms with van der Waals surface area (Å²) in [5, 5.41) is 17.9. The molecule has 0 amide bonds. The summed E-state index contributed by atoms with van der Waals surface area (Å²) in [6, 6.07) is 8.75. The fraction of sp³-hybridized carbons (Fsp3) is 0.400. The minimum absolute atomic E-state index is 0.0273. The van der Waals surface area contributed by atoms with E-state index in [4.69, 9.17) is 10.2 Å². The van der Waals surface area contributed by atoms with Crippen LogP contribution in [0.3, 0.4) is 0 Å². The maximum atomic E-state index is 13.2. The Morgan fingerprint density at radius 2 is 1.29 bits per heavy atom. The van der Waals surface area contributed by atoms with Crippen molar-refractivity contribution in [2.24, 2.45) is 0 Å². The zero-order chi connectivity index (χ0) is 18.7. The lowest BCUT2D eigenvalue weighted by Gasteiger charge is -2.19. The third kappa shape index (κ3) is 5.52. The van der Waals surface area contributed by atoms with Crippen LogP contribution in [-0.2, 0) is 10.8 Å². The van der Waals surface area contributed by atoms with Gasteiger partial charge in [-0.15, -0.1) is 0 Å². The van der Waals surface area contributed by atoms with Gasteiger partial charge in [-0.05, 0) is 40.2 Å². The topological polar surface area (TPSA) is 40.5 Å². The zero-order valence-electron chi connectivity index (χ0n) is 15.1. The van der Waals surface area contributed by atoms with Crippen LogP contribution in [-0.4, -0.2) is 10.2 Å². The Kier molecular flexibility index (Phi) is 5.99. The lowest BCUT2D eigenvalue weighted by Crippen LogP contribution is -2.13. The normalized spacial score (nSPS) is 11.7. The van der Waals surface area contributed by atoms with Crippen molar-refractivity contribution < 1.29 is 19.0 Å². The molecule has 0 aliphatic rings. The van der Waals surface area contributed by atoms with Crippen LogP contribution in [0.4, 0.5) is 8.78 Å². The number of phenols is 2. The first-order chi connectivity index (χ1) is 10.8. The van der Waals surface area contributed by atoms with Gasteiger partial charge in [0.05, 0.1) is 0 Å². The summed E-state index contributed by atoms with van der Waals surface area (Å²) in [6.07, 6.45) is 0. The van der Waals surface area contributed by atoms with Crippen molar-refractivity contribution in [2.45, 2.75) is 52.4 Å². The van der Waals surface area contributed by atoms with Gasteiger partial charge in [0.25, 0.3) is 0 Å². The summed E-state index contributed by atoms with van der Waals surface area (Å²) in [5.41, 5.74) is 1.23. The van der Waals surface area contributed by atoms with Gasteiger partial charge in [0.2, 0.25) is 0 Å². The fourth-order valence-electron chi connectivity index (χ4n) is 2.09. The average Bonchev–Trinajstić information content (AvgIpc) is 2.39. The van der Waals surface area contributed by atoms with Crippen LogP contribution in [0.2, 0.25) is 0 Å². The number of phenolic OH excluding ortho intramolecular Hbond substituents is 2. The summed E-state index contributed by atoms with van der Waals surface area (Å²) in [7, 11) is 0. The van der Waals surface area contributed by atoms with Crippen molar-refractivity contribution in [1.82, 2.24) is 0 Å². The lowest BCUT2D eigenvalue weighted by molar-refractivity contribution is 0.430. The third-order valence-corrected chi connectivity index (χ3v) is 3.57. The number of hydrogen-bond acceptors (Lipinski definition) is 2. The van der Waals surface area contributed by atoms with E-state index in [1.54, 1.807) is 12.1 Å². The predicted octanol–water partition coefficient (Wildman–Crippen LogP) is 5.66. The van der Waals surface area contributed by atoms with E-state index in [1.807, 2.05) is 41.5 Å². The first kappa shape index (κ1) is 19.9. The van der Waals surface area contributed by atoms with Gasteiger partial charge < -0.3 is 10.2 Å². The van der Waals surface area contributed by atoms with Crippen LogP contribution in [0.5, 0.6) is 11.5 Å². The predicted molar refractivity (Wildman–Crippen MR) is 93.5 cm³/mol.